The molecule has 1 aromatic carbocycles. The Morgan fingerprint density at radius 3 is 2.49 bits per heavy atom. The summed E-state index contributed by atoms with van der Waals surface area (Å²) in [5.74, 6) is -2.04. The number of fused-ring (bicyclic) bond motifs is 1. The normalized spacial score (nSPS) is 10.9. The van der Waals surface area contributed by atoms with Gasteiger partial charge >= 0.3 is 17.6 Å². The fraction of sp³-hybridized carbons (Fsp3) is 0.250. The van der Waals surface area contributed by atoms with Crippen LogP contribution in [0.4, 0.5) is 5.00 Å². The van der Waals surface area contributed by atoms with Crippen molar-refractivity contribution in [2.75, 3.05) is 18.5 Å². The number of carbonyl (C=O) groups excluding carboxylic acids is 3. The van der Waals surface area contributed by atoms with Gasteiger partial charge in [0, 0.05) is 25.0 Å². The lowest BCUT2D eigenvalue weighted by atomic mass is 10.0. The van der Waals surface area contributed by atoms with E-state index in [9.17, 15) is 24.0 Å². The van der Waals surface area contributed by atoms with Crippen LogP contribution < -0.4 is 16.6 Å². The molecule has 0 atom stereocenters. The highest BCUT2D eigenvalue weighted by atomic mass is 32.1. The monoisotopic (exact) mass is 525 g/mol. The molecule has 0 unspecified atom stereocenters. The summed E-state index contributed by atoms with van der Waals surface area (Å²) in [7, 11) is 2.78. The van der Waals surface area contributed by atoms with Crippen molar-refractivity contribution in [2.45, 2.75) is 13.5 Å². The van der Waals surface area contributed by atoms with Crippen molar-refractivity contribution < 1.29 is 23.9 Å². The highest BCUT2D eigenvalue weighted by Gasteiger charge is 2.23. The van der Waals surface area contributed by atoms with Gasteiger partial charge in [0.2, 0.25) is 0 Å². The number of hydrogen-bond donors (Lipinski definition) is 1. The van der Waals surface area contributed by atoms with Crippen molar-refractivity contribution in [1.29, 1.82) is 0 Å². The number of carbonyl (C=O) groups is 3. The standard InChI is InChI=1S/C24H23N5O7S/c1-4-35-23(33)18-15(14-8-6-5-7-9-14)12-37-21(18)26-16(30)11-36-17(31)10-29-13-25-20-19(29)22(32)28(3)24(34)27(20)2/h5-9,12-13H,4,10-11H2,1-3H3,(H,26,30). The number of ether oxygens (including phenoxy) is 2. The first kappa shape index (κ1) is 25.6. The van der Waals surface area contributed by atoms with Gasteiger partial charge in [-0.05, 0) is 12.5 Å². The summed E-state index contributed by atoms with van der Waals surface area (Å²) in [5.41, 5.74) is 0.621. The summed E-state index contributed by atoms with van der Waals surface area (Å²) < 4.78 is 13.6. The van der Waals surface area contributed by atoms with E-state index in [1.54, 1.807) is 12.3 Å². The van der Waals surface area contributed by atoms with Crippen molar-refractivity contribution in [3.05, 3.63) is 68.4 Å². The topological polar surface area (TPSA) is 144 Å². The molecule has 37 heavy (non-hydrogen) atoms. The summed E-state index contributed by atoms with van der Waals surface area (Å²) in [5, 5.41) is 4.61. The van der Waals surface area contributed by atoms with Gasteiger partial charge in [-0.2, -0.15) is 0 Å². The lowest BCUT2D eigenvalue weighted by molar-refractivity contribution is -0.147. The Hall–Kier alpha value is -4.52. The summed E-state index contributed by atoms with van der Waals surface area (Å²) in [6, 6.07) is 9.19. The van der Waals surface area contributed by atoms with Crippen molar-refractivity contribution >= 4 is 45.3 Å². The van der Waals surface area contributed by atoms with Gasteiger partial charge in [0.15, 0.2) is 17.8 Å². The number of aryl methyl sites for hydroxylation is 1. The second kappa shape index (κ2) is 10.6. The SMILES string of the molecule is CCOC(=O)c1c(-c2ccccc2)csc1NC(=O)COC(=O)Cn1cnc2c1c(=O)n(C)c(=O)n2C. The van der Waals surface area contributed by atoms with E-state index in [-0.39, 0.29) is 28.3 Å². The minimum absolute atomic E-state index is 0.0529. The molecular formula is C24H23N5O7S. The van der Waals surface area contributed by atoms with Gasteiger partial charge in [0.1, 0.15) is 17.1 Å². The first-order valence-corrected chi connectivity index (χ1v) is 12.0. The van der Waals surface area contributed by atoms with Gasteiger partial charge in [-0.3, -0.25) is 23.5 Å². The largest absolute Gasteiger partial charge is 0.462 e. The maximum absolute atomic E-state index is 12.6. The quantitative estimate of drug-likeness (QED) is 0.341. The molecule has 0 fully saturated rings. The molecule has 0 bridgehead atoms. The number of benzene rings is 1. The molecule has 3 heterocycles. The molecule has 0 saturated heterocycles. The molecule has 1 N–H and O–H groups in total. The maximum Gasteiger partial charge on any atom is 0.341 e. The lowest BCUT2D eigenvalue weighted by Crippen LogP contribution is -2.37. The number of hydrogen-bond acceptors (Lipinski definition) is 9. The number of nitrogens with one attached hydrogen (secondary N) is 1. The third-order valence-electron chi connectivity index (χ3n) is 5.49. The third kappa shape index (κ3) is 5.07. The number of nitrogens with zero attached hydrogens (tertiary/aromatic N) is 4. The lowest BCUT2D eigenvalue weighted by Gasteiger charge is -2.10. The smallest absolute Gasteiger partial charge is 0.341 e. The molecule has 0 aliphatic rings. The molecule has 13 heteroatoms. The zero-order valence-corrected chi connectivity index (χ0v) is 21.0. The first-order valence-electron chi connectivity index (χ1n) is 11.1. The van der Waals surface area contributed by atoms with Crippen molar-refractivity contribution in [2.24, 2.45) is 14.1 Å². The fourth-order valence-electron chi connectivity index (χ4n) is 3.70. The highest BCUT2D eigenvalue weighted by molar-refractivity contribution is 7.15. The van der Waals surface area contributed by atoms with Crippen LogP contribution in [0.5, 0.6) is 0 Å². The van der Waals surface area contributed by atoms with Crippen LogP contribution >= 0.6 is 11.3 Å². The van der Waals surface area contributed by atoms with Crippen LogP contribution in [0, 0.1) is 0 Å². The molecule has 0 radical (unpaired) electrons. The summed E-state index contributed by atoms with van der Waals surface area (Å²) in [6.07, 6.45) is 1.25. The average Bonchev–Trinajstić information content (AvgIpc) is 3.50. The fourth-order valence-corrected chi connectivity index (χ4v) is 4.67. The van der Waals surface area contributed by atoms with E-state index in [2.05, 4.69) is 10.3 Å². The summed E-state index contributed by atoms with van der Waals surface area (Å²) in [6.45, 7) is 0.822. The van der Waals surface area contributed by atoms with Crippen LogP contribution in [0.1, 0.15) is 17.3 Å². The Labute approximate surface area is 213 Å². The Morgan fingerprint density at radius 1 is 1.05 bits per heavy atom. The minimum atomic E-state index is -0.799. The molecule has 3 aromatic heterocycles. The zero-order valence-electron chi connectivity index (χ0n) is 20.2. The molecule has 4 aromatic rings. The maximum atomic E-state index is 12.6. The van der Waals surface area contributed by atoms with Gasteiger partial charge in [-0.1, -0.05) is 30.3 Å². The molecule has 12 nitrogen and oxygen atoms in total. The van der Waals surface area contributed by atoms with Crippen LogP contribution in [0.3, 0.4) is 0 Å². The van der Waals surface area contributed by atoms with Crippen LogP contribution in [0.15, 0.2) is 51.6 Å². The van der Waals surface area contributed by atoms with Gasteiger partial charge in [-0.25, -0.2) is 14.6 Å². The molecule has 0 aliphatic carbocycles. The number of thiophene rings is 1. The zero-order chi connectivity index (χ0) is 26.7. The molecule has 0 aliphatic heterocycles. The predicted octanol–water partition coefficient (Wildman–Crippen LogP) is 1.52. The van der Waals surface area contributed by atoms with Gasteiger partial charge in [-0.15, -0.1) is 11.3 Å². The van der Waals surface area contributed by atoms with E-state index < -0.39 is 42.2 Å². The number of imidazole rings is 1. The molecule has 1 amide bonds. The predicted molar refractivity (Wildman–Crippen MR) is 136 cm³/mol. The second-order valence-electron chi connectivity index (χ2n) is 7.90. The van der Waals surface area contributed by atoms with Crippen LogP contribution in [0.2, 0.25) is 0 Å². The Balaban J connectivity index is 1.46. The van der Waals surface area contributed by atoms with Gasteiger partial charge in [0.25, 0.3) is 11.5 Å². The summed E-state index contributed by atoms with van der Waals surface area (Å²) in [4.78, 5) is 66.2. The molecule has 0 saturated carbocycles. The van der Waals surface area contributed by atoms with Crippen LogP contribution in [0.25, 0.3) is 22.3 Å². The number of anilines is 1. The number of aromatic nitrogens is 4. The summed E-state index contributed by atoms with van der Waals surface area (Å²) >= 11 is 1.15. The molecular weight excluding hydrogens is 502 g/mol. The molecule has 0 spiro atoms. The van der Waals surface area contributed by atoms with E-state index in [0.717, 1.165) is 21.5 Å². The highest BCUT2D eigenvalue weighted by Crippen LogP contribution is 2.36. The molecule has 4 rings (SSSR count). The second-order valence-corrected chi connectivity index (χ2v) is 8.78. The van der Waals surface area contributed by atoms with Crippen molar-refractivity contribution in [1.82, 2.24) is 18.7 Å². The average molecular weight is 526 g/mol. The Bertz CT molecular complexity index is 1610. The first-order chi connectivity index (χ1) is 17.7. The number of rotatable bonds is 8. The van der Waals surface area contributed by atoms with Gasteiger partial charge < -0.3 is 19.4 Å². The minimum Gasteiger partial charge on any atom is -0.462 e. The third-order valence-corrected chi connectivity index (χ3v) is 6.38. The van der Waals surface area contributed by atoms with E-state index in [0.29, 0.717) is 5.56 Å². The van der Waals surface area contributed by atoms with E-state index >= 15 is 0 Å². The van der Waals surface area contributed by atoms with E-state index in [4.69, 9.17) is 9.47 Å². The Morgan fingerprint density at radius 2 is 1.78 bits per heavy atom. The van der Waals surface area contributed by atoms with Crippen LogP contribution in [-0.4, -0.2) is 49.7 Å². The number of amides is 1. The van der Waals surface area contributed by atoms with E-state index in [1.165, 1.54) is 29.6 Å². The number of esters is 2. The van der Waals surface area contributed by atoms with Crippen molar-refractivity contribution in [3.8, 4) is 11.1 Å². The van der Waals surface area contributed by atoms with Crippen LogP contribution in [-0.2, 0) is 39.7 Å². The van der Waals surface area contributed by atoms with Gasteiger partial charge in [0.05, 0.1) is 12.9 Å². The molecule has 192 valence electrons. The van der Waals surface area contributed by atoms with E-state index in [1.807, 2.05) is 30.3 Å². The Kier molecular flexibility index (Phi) is 7.34. The van der Waals surface area contributed by atoms with Crippen molar-refractivity contribution in [3.63, 3.8) is 0 Å².